The highest BCUT2D eigenvalue weighted by atomic mass is 16.2. The lowest BCUT2D eigenvalue weighted by molar-refractivity contribution is -0.121. The molecule has 1 amide bonds. The number of imidazole rings is 1. The van der Waals surface area contributed by atoms with Crippen LogP contribution in [0.4, 0.5) is 0 Å². The van der Waals surface area contributed by atoms with Crippen molar-refractivity contribution >= 4 is 22.7 Å². The minimum atomic E-state index is -0.0848. The zero-order valence-corrected chi connectivity index (χ0v) is 16.9. The van der Waals surface area contributed by atoms with Crippen LogP contribution in [-0.2, 0) is 24.2 Å². The topological polar surface area (TPSA) is 64.0 Å². The first-order valence-corrected chi connectivity index (χ1v) is 10.5. The lowest BCUT2D eigenvalue weighted by atomic mass is 9.89. The number of carbonyl (C=O) groups excluding carboxylic acids is 2. The number of aryl methyl sites for hydroxylation is 3. The van der Waals surface area contributed by atoms with Crippen molar-refractivity contribution in [3.63, 3.8) is 0 Å². The standard InChI is InChI=1S/C24H27N3O2/c1-17-26-21-8-4-5-9-22(21)27(17)15-14-25-24(29)13-12-23(28)20-11-10-18-6-2-3-7-19(18)16-20/h4-5,8-11,16H,2-3,6-7,12-15H2,1H3,(H,25,29). The first-order chi connectivity index (χ1) is 14.1. The van der Waals surface area contributed by atoms with Crippen LogP contribution in [0.3, 0.4) is 0 Å². The highest BCUT2D eigenvalue weighted by Crippen LogP contribution is 2.23. The number of benzene rings is 2. The number of carbonyl (C=O) groups is 2. The maximum absolute atomic E-state index is 12.5. The van der Waals surface area contributed by atoms with Gasteiger partial charge in [-0.25, -0.2) is 4.98 Å². The van der Waals surface area contributed by atoms with Crippen molar-refractivity contribution in [3.8, 4) is 0 Å². The highest BCUT2D eigenvalue weighted by Gasteiger charge is 2.14. The third kappa shape index (κ3) is 4.39. The monoisotopic (exact) mass is 389 g/mol. The van der Waals surface area contributed by atoms with Crippen molar-refractivity contribution in [3.05, 3.63) is 65.0 Å². The molecule has 2 aromatic carbocycles. The number of amides is 1. The Bertz CT molecular complexity index is 1050. The molecule has 1 heterocycles. The smallest absolute Gasteiger partial charge is 0.220 e. The van der Waals surface area contributed by atoms with Crippen molar-refractivity contribution in [2.24, 2.45) is 0 Å². The van der Waals surface area contributed by atoms with Crippen LogP contribution in [0.25, 0.3) is 11.0 Å². The highest BCUT2D eigenvalue weighted by molar-refractivity contribution is 5.98. The number of ketones is 1. The van der Waals surface area contributed by atoms with E-state index in [9.17, 15) is 9.59 Å². The first-order valence-electron chi connectivity index (χ1n) is 10.5. The number of Topliss-reactive ketones (excluding diaryl/α,β-unsaturated/α-hetero) is 1. The van der Waals surface area contributed by atoms with Crippen LogP contribution in [0.15, 0.2) is 42.5 Å². The fourth-order valence-corrected chi connectivity index (χ4v) is 4.15. The Hall–Kier alpha value is -2.95. The lowest BCUT2D eigenvalue weighted by Gasteiger charge is -2.16. The summed E-state index contributed by atoms with van der Waals surface area (Å²) in [6, 6.07) is 14.0. The van der Waals surface area contributed by atoms with Crippen molar-refractivity contribution in [1.82, 2.24) is 14.9 Å². The molecule has 0 spiro atoms. The molecule has 1 aliphatic carbocycles. The van der Waals surface area contributed by atoms with Crippen molar-refractivity contribution < 1.29 is 9.59 Å². The zero-order chi connectivity index (χ0) is 20.2. The van der Waals surface area contributed by atoms with Crippen LogP contribution in [0.5, 0.6) is 0 Å². The molecule has 1 N–H and O–H groups in total. The van der Waals surface area contributed by atoms with Crippen molar-refractivity contribution in [1.29, 1.82) is 0 Å². The molecular weight excluding hydrogens is 362 g/mol. The molecule has 3 aromatic rings. The van der Waals surface area contributed by atoms with Gasteiger partial charge in [-0.2, -0.15) is 0 Å². The van der Waals surface area contributed by atoms with E-state index in [1.807, 2.05) is 43.3 Å². The second-order valence-corrected chi connectivity index (χ2v) is 7.76. The Kier molecular flexibility index (Phi) is 5.74. The summed E-state index contributed by atoms with van der Waals surface area (Å²) in [5.41, 5.74) is 5.44. The summed E-state index contributed by atoms with van der Waals surface area (Å²) in [6.07, 6.45) is 5.06. The first kappa shape index (κ1) is 19.4. The Morgan fingerprint density at radius 1 is 1.03 bits per heavy atom. The summed E-state index contributed by atoms with van der Waals surface area (Å²) in [6.45, 7) is 3.16. The van der Waals surface area contributed by atoms with Crippen LogP contribution in [0.1, 0.15) is 53.0 Å². The molecule has 0 saturated carbocycles. The van der Waals surface area contributed by atoms with E-state index >= 15 is 0 Å². The normalized spacial score (nSPS) is 13.3. The molecule has 0 aliphatic heterocycles. The zero-order valence-electron chi connectivity index (χ0n) is 16.9. The predicted molar refractivity (Wildman–Crippen MR) is 114 cm³/mol. The maximum Gasteiger partial charge on any atom is 0.220 e. The van der Waals surface area contributed by atoms with Crippen LogP contribution >= 0.6 is 0 Å². The molecule has 4 rings (SSSR count). The third-order valence-corrected chi connectivity index (χ3v) is 5.75. The van der Waals surface area contributed by atoms with Gasteiger partial charge in [0.15, 0.2) is 5.78 Å². The van der Waals surface area contributed by atoms with E-state index in [0.29, 0.717) is 13.1 Å². The minimum Gasteiger partial charge on any atom is -0.354 e. The van der Waals surface area contributed by atoms with Gasteiger partial charge in [-0.1, -0.05) is 24.3 Å². The molecular formula is C24H27N3O2. The van der Waals surface area contributed by atoms with E-state index in [4.69, 9.17) is 0 Å². The minimum absolute atomic E-state index is 0.0463. The predicted octanol–water partition coefficient (Wildman–Crippen LogP) is 4.00. The summed E-state index contributed by atoms with van der Waals surface area (Å²) >= 11 is 0. The lowest BCUT2D eigenvalue weighted by Crippen LogP contribution is -2.27. The van der Waals surface area contributed by atoms with Gasteiger partial charge in [0.2, 0.25) is 5.91 Å². The fraction of sp³-hybridized carbons (Fsp3) is 0.375. The van der Waals surface area contributed by atoms with E-state index in [-0.39, 0.29) is 24.5 Å². The van der Waals surface area contributed by atoms with Crippen molar-refractivity contribution in [2.45, 2.75) is 52.0 Å². The Labute approximate surface area is 171 Å². The quantitative estimate of drug-likeness (QED) is 0.621. The van der Waals surface area contributed by atoms with E-state index < -0.39 is 0 Å². The maximum atomic E-state index is 12.5. The van der Waals surface area contributed by atoms with E-state index in [1.165, 1.54) is 24.0 Å². The van der Waals surface area contributed by atoms with Gasteiger partial charge in [0, 0.05) is 31.5 Å². The number of para-hydroxylation sites is 2. The molecule has 5 heteroatoms. The molecule has 0 saturated heterocycles. The second-order valence-electron chi connectivity index (χ2n) is 7.76. The molecule has 1 aliphatic rings. The van der Waals surface area contributed by atoms with Crippen LogP contribution < -0.4 is 5.32 Å². The Balaban J connectivity index is 1.27. The van der Waals surface area contributed by atoms with Crippen LogP contribution in [0, 0.1) is 6.92 Å². The van der Waals surface area contributed by atoms with Gasteiger partial charge in [-0.15, -0.1) is 0 Å². The average Bonchev–Trinajstić information content (AvgIpc) is 3.07. The van der Waals surface area contributed by atoms with Crippen LogP contribution in [0.2, 0.25) is 0 Å². The summed E-state index contributed by atoms with van der Waals surface area (Å²) < 4.78 is 2.11. The molecule has 29 heavy (non-hydrogen) atoms. The van der Waals surface area contributed by atoms with Crippen molar-refractivity contribution in [2.75, 3.05) is 6.54 Å². The second kappa shape index (κ2) is 8.60. The Morgan fingerprint density at radius 2 is 1.83 bits per heavy atom. The molecule has 150 valence electrons. The summed E-state index contributed by atoms with van der Waals surface area (Å²) in [7, 11) is 0. The number of rotatable bonds is 7. The van der Waals surface area contributed by atoms with Gasteiger partial charge in [0.1, 0.15) is 5.82 Å². The Morgan fingerprint density at radius 3 is 2.69 bits per heavy atom. The van der Waals surface area contributed by atoms with E-state index in [0.717, 1.165) is 35.3 Å². The molecule has 5 nitrogen and oxygen atoms in total. The largest absolute Gasteiger partial charge is 0.354 e. The van der Waals surface area contributed by atoms with Gasteiger partial charge < -0.3 is 9.88 Å². The summed E-state index contributed by atoms with van der Waals surface area (Å²) in [5.74, 6) is 0.895. The van der Waals surface area contributed by atoms with E-state index in [2.05, 4.69) is 20.9 Å². The van der Waals surface area contributed by atoms with Gasteiger partial charge in [-0.3, -0.25) is 9.59 Å². The fourth-order valence-electron chi connectivity index (χ4n) is 4.15. The van der Waals surface area contributed by atoms with Gasteiger partial charge >= 0.3 is 0 Å². The molecule has 0 radical (unpaired) electrons. The van der Waals surface area contributed by atoms with Gasteiger partial charge in [0.25, 0.3) is 0 Å². The third-order valence-electron chi connectivity index (χ3n) is 5.75. The molecule has 0 fully saturated rings. The number of nitrogens with one attached hydrogen (secondary N) is 1. The molecule has 0 atom stereocenters. The molecule has 0 bridgehead atoms. The van der Waals surface area contributed by atoms with Gasteiger partial charge in [-0.05, 0) is 61.9 Å². The van der Waals surface area contributed by atoms with Gasteiger partial charge in [0.05, 0.1) is 11.0 Å². The molecule has 1 aromatic heterocycles. The summed E-state index contributed by atoms with van der Waals surface area (Å²) in [4.78, 5) is 29.2. The molecule has 0 unspecified atom stereocenters. The van der Waals surface area contributed by atoms with Crippen LogP contribution in [-0.4, -0.2) is 27.8 Å². The SMILES string of the molecule is Cc1nc2ccccc2n1CCNC(=O)CCC(=O)c1ccc2c(c1)CCCC2. The number of hydrogen-bond donors (Lipinski definition) is 1. The number of hydrogen-bond acceptors (Lipinski definition) is 3. The number of aromatic nitrogens is 2. The average molecular weight is 389 g/mol. The number of fused-ring (bicyclic) bond motifs is 2. The van der Waals surface area contributed by atoms with E-state index in [1.54, 1.807) is 0 Å². The summed E-state index contributed by atoms with van der Waals surface area (Å²) in [5, 5.41) is 2.93. The number of nitrogens with zero attached hydrogens (tertiary/aromatic N) is 2.